The van der Waals surface area contributed by atoms with Crippen molar-refractivity contribution in [1.82, 2.24) is 10.2 Å². The van der Waals surface area contributed by atoms with Crippen LogP contribution in [0.4, 0.5) is 0 Å². The van der Waals surface area contributed by atoms with Crippen LogP contribution < -0.4 is 5.32 Å². The van der Waals surface area contributed by atoms with E-state index in [1.807, 2.05) is 0 Å². The predicted octanol–water partition coefficient (Wildman–Crippen LogP) is 0.600. The number of rotatable bonds is 2. The zero-order chi connectivity index (χ0) is 12.3. The third kappa shape index (κ3) is 2.99. The maximum absolute atomic E-state index is 9.90. The lowest BCUT2D eigenvalue weighted by molar-refractivity contribution is -0.120. The Morgan fingerprint density at radius 1 is 1.24 bits per heavy atom. The molecule has 2 aliphatic heterocycles. The third-order valence-corrected chi connectivity index (χ3v) is 4.10. The van der Waals surface area contributed by atoms with Gasteiger partial charge in [0.25, 0.3) is 0 Å². The Hall–Kier alpha value is -0.160. The van der Waals surface area contributed by atoms with E-state index < -0.39 is 0 Å². The summed E-state index contributed by atoms with van der Waals surface area (Å²) in [5.41, 5.74) is -0.0525. The maximum Gasteiger partial charge on any atom is 0.0617 e. The van der Waals surface area contributed by atoms with Crippen molar-refractivity contribution in [3.8, 4) is 0 Å². The molecule has 0 amide bonds. The molecule has 2 unspecified atom stereocenters. The molecule has 0 bridgehead atoms. The molecule has 17 heavy (non-hydrogen) atoms. The minimum atomic E-state index is -0.0525. The van der Waals surface area contributed by atoms with E-state index in [9.17, 15) is 5.11 Å². The van der Waals surface area contributed by atoms with Crippen molar-refractivity contribution in [2.24, 2.45) is 0 Å². The van der Waals surface area contributed by atoms with Crippen LogP contribution in [-0.4, -0.2) is 60.5 Å². The molecule has 2 N–H and O–H groups in total. The molecule has 2 aliphatic rings. The molecule has 0 aromatic rings. The molecule has 2 saturated heterocycles. The first-order valence-electron chi connectivity index (χ1n) is 6.88. The number of ether oxygens (including phenoxy) is 1. The Morgan fingerprint density at radius 3 is 2.59 bits per heavy atom. The van der Waals surface area contributed by atoms with E-state index in [1.54, 1.807) is 0 Å². The first-order valence-corrected chi connectivity index (χ1v) is 6.88. The van der Waals surface area contributed by atoms with Gasteiger partial charge in [0.15, 0.2) is 0 Å². The first-order chi connectivity index (χ1) is 8.16. The molecule has 4 heteroatoms. The summed E-state index contributed by atoms with van der Waals surface area (Å²) in [5, 5.41) is 13.3. The zero-order valence-corrected chi connectivity index (χ0v) is 11.1. The highest BCUT2D eigenvalue weighted by Crippen LogP contribution is 2.34. The van der Waals surface area contributed by atoms with E-state index in [2.05, 4.69) is 24.1 Å². The highest BCUT2D eigenvalue weighted by molar-refractivity contribution is 4.97. The van der Waals surface area contributed by atoms with Crippen LogP contribution in [-0.2, 0) is 4.74 Å². The number of aliphatic hydroxyl groups is 1. The van der Waals surface area contributed by atoms with Gasteiger partial charge in [-0.05, 0) is 39.7 Å². The topological polar surface area (TPSA) is 44.7 Å². The normalized spacial score (nSPS) is 41.1. The molecule has 0 spiro atoms. The van der Waals surface area contributed by atoms with Crippen LogP contribution in [0.1, 0.15) is 33.1 Å². The fourth-order valence-corrected chi connectivity index (χ4v) is 3.45. The molecule has 0 radical (unpaired) electrons. The minimum Gasteiger partial charge on any atom is -0.394 e. The monoisotopic (exact) mass is 242 g/mol. The van der Waals surface area contributed by atoms with Gasteiger partial charge in [-0.15, -0.1) is 0 Å². The first kappa shape index (κ1) is 13.3. The van der Waals surface area contributed by atoms with Gasteiger partial charge in [-0.25, -0.2) is 0 Å². The Morgan fingerprint density at radius 2 is 1.94 bits per heavy atom. The Labute approximate surface area is 104 Å². The summed E-state index contributed by atoms with van der Waals surface area (Å²) in [6, 6.07) is 0. The zero-order valence-electron chi connectivity index (χ0n) is 11.1. The molecule has 0 aliphatic carbocycles. The number of hydrogen-bond acceptors (Lipinski definition) is 4. The van der Waals surface area contributed by atoms with Gasteiger partial charge in [-0.1, -0.05) is 0 Å². The van der Waals surface area contributed by atoms with E-state index in [-0.39, 0.29) is 24.4 Å². The van der Waals surface area contributed by atoms with Crippen LogP contribution in [0.15, 0.2) is 0 Å². The average Bonchev–Trinajstić information content (AvgIpc) is 2.56. The standard InChI is InChI=1S/C13H26N2O2/c1-11-8-13(10-16,9-12(2)17-11)15-6-3-4-14-5-7-15/h11-12,14,16H,3-10H2,1-2H3. The minimum absolute atomic E-state index is 0.0525. The predicted molar refractivity (Wildman–Crippen MR) is 68.1 cm³/mol. The van der Waals surface area contributed by atoms with E-state index in [4.69, 9.17) is 4.74 Å². The van der Waals surface area contributed by atoms with Crippen molar-refractivity contribution in [3.05, 3.63) is 0 Å². The van der Waals surface area contributed by atoms with Gasteiger partial charge in [0.2, 0.25) is 0 Å². The summed E-state index contributed by atoms with van der Waals surface area (Å²) < 4.78 is 5.81. The van der Waals surface area contributed by atoms with Crippen LogP contribution in [0.2, 0.25) is 0 Å². The molecule has 100 valence electrons. The molecule has 2 atom stereocenters. The van der Waals surface area contributed by atoms with Gasteiger partial charge in [0.1, 0.15) is 0 Å². The Balaban J connectivity index is 2.10. The summed E-state index contributed by atoms with van der Waals surface area (Å²) in [4.78, 5) is 2.49. The summed E-state index contributed by atoms with van der Waals surface area (Å²) >= 11 is 0. The molecule has 0 aromatic heterocycles. The van der Waals surface area contributed by atoms with Crippen LogP contribution in [0.5, 0.6) is 0 Å². The number of nitrogens with zero attached hydrogens (tertiary/aromatic N) is 1. The van der Waals surface area contributed by atoms with Crippen molar-refractivity contribution in [3.63, 3.8) is 0 Å². The molecule has 4 nitrogen and oxygen atoms in total. The Bertz CT molecular complexity index is 230. The largest absolute Gasteiger partial charge is 0.394 e. The highest BCUT2D eigenvalue weighted by Gasteiger charge is 2.42. The summed E-state index contributed by atoms with van der Waals surface area (Å²) in [6.07, 6.45) is 3.58. The fourth-order valence-electron chi connectivity index (χ4n) is 3.45. The summed E-state index contributed by atoms with van der Waals surface area (Å²) in [7, 11) is 0. The molecule has 2 fully saturated rings. The second kappa shape index (κ2) is 5.65. The van der Waals surface area contributed by atoms with Gasteiger partial charge >= 0.3 is 0 Å². The molecular formula is C13H26N2O2. The quantitative estimate of drug-likeness (QED) is 0.744. The molecule has 0 saturated carbocycles. The smallest absolute Gasteiger partial charge is 0.0617 e. The van der Waals surface area contributed by atoms with Gasteiger partial charge in [0.05, 0.1) is 18.8 Å². The fraction of sp³-hybridized carbons (Fsp3) is 1.00. The van der Waals surface area contributed by atoms with Gasteiger partial charge in [-0.2, -0.15) is 0 Å². The van der Waals surface area contributed by atoms with E-state index in [0.717, 1.165) is 39.0 Å². The van der Waals surface area contributed by atoms with Crippen LogP contribution in [0.25, 0.3) is 0 Å². The second-order valence-corrected chi connectivity index (χ2v) is 5.64. The van der Waals surface area contributed by atoms with Crippen LogP contribution in [0, 0.1) is 0 Å². The molecular weight excluding hydrogens is 216 g/mol. The van der Waals surface area contributed by atoms with E-state index >= 15 is 0 Å². The number of nitrogens with one attached hydrogen (secondary N) is 1. The summed E-state index contributed by atoms with van der Waals surface area (Å²) in [5.74, 6) is 0. The average molecular weight is 242 g/mol. The van der Waals surface area contributed by atoms with Crippen LogP contribution >= 0.6 is 0 Å². The molecule has 2 heterocycles. The van der Waals surface area contributed by atoms with Gasteiger partial charge in [-0.3, -0.25) is 4.90 Å². The highest BCUT2D eigenvalue weighted by atomic mass is 16.5. The molecule has 2 rings (SSSR count). The van der Waals surface area contributed by atoms with E-state index in [1.165, 1.54) is 6.42 Å². The van der Waals surface area contributed by atoms with Crippen molar-refractivity contribution >= 4 is 0 Å². The van der Waals surface area contributed by atoms with Crippen LogP contribution in [0.3, 0.4) is 0 Å². The summed E-state index contributed by atoms with van der Waals surface area (Å²) in [6.45, 7) is 8.76. The third-order valence-electron chi connectivity index (χ3n) is 4.10. The lowest BCUT2D eigenvalue weighted by Crippen LogP contribution is -2.58. The van der Waals surface area contributed by atoms with E-state index in [0.29, 0.717) is 0 Å². The van der Waals surface area contributed by atoms with Gasteiger partial charge < -0.3 is 15.2 Å². The lowest BCUT2D eigenvalue weighted by Gasteiger charge is -2.48. The lowest BCUT2D eigenvalue weighted by atomic mass is 9.83. The SMILES string of the molecule is CC1CC(CO)(N2CCCNCC2)CC(C)O1. The molecule has 0 aromatic carbocycles. The Kier molecular flexibility index (Phi) is 4.42. The van der Waals surface area contributed by atoms with Gasteiger partial charge in [0, 0.05) is 25.2 Å². The van der Waals surface area contributed by atoms with Crippen molar-refractivity contribution in [1.29, 1.82) is 0 Å². The maximum atomic E-state index is 9.90. The second-order valence-electron chi connectivity index (χ2n) is 5.64. The van der Waals surface area contributed by atoms with Crippen molar-refractivity contribution in [2.75, 3.05) is 32.8 Å². The number of hydrogen-bond donors (Lipinski definition) is 2. The van der Waals surface area contributed by atoms with Crippen molar-refractivity contribution < 1.29 is 9.84 Å². The van der Waals surface area contributed by atoms with Crippen molar-refractivity contribution in [2.45, 2.75) is 50.9 Å². The number of aliphatic hydroxyl groups excluding tert-OH is 1.